The molecule has 0 bridgehead atoms. The van der Waals surface area contributed by atoms with Crippen LogP contribution in [0.1, 0.15) is 23.7 Å². The van der Waals surface area contributed by atoms with Crippen LogP contribution in [0.15, 0.2) is 24.3 Å². The molecule has 0 aromatic heterocycles. The first-order valence-corrected chi connectivity index (χ1v) is 5.79. The number of aliphatic hydroxyl groups is 1. The van der Waals surface area contributed by atoms with Gasteiger partial charge in [-0.2, -0.15) is 5.26 Å². The average Bonchev–Trinajstić information content (AvgIpc) is 2.40. The molecular weight excluding hydrogens is 216 g/mol. The fourth-order valence-corrected chi connectivity index (χ4v) is 1.99. The first kappa shape index (κ1) is 12.1. The highest BCUT2D eigenvalue weighted by Crippen LogP contribution is 2.20. The fourth-order valence-electron chi connectivity index (χ4n) is 1.99. The van der Waals surface area contributed by atoms with Gasteiger partial charge in [0.1, 0.15) is 0 Å². The number of ether oxygens (including phenoxy) is 1. The van der Waals surface area contributed by atoms with Crippen LogP contribution >= 0.6 is 0 Å². The molecule has 0 aliphatic carbocycles. The van der Waals surface area contributed by atoms with Crippen molar-refractivity contribution in [1.82, 2.24) is 5.32 Å². The van der Waals surface area contributed by atoms with Gasteiger partial charge in [-0.15, -0.1) is 0 Å². The first-order chi connectivity index (χ1) is 8.29. The van der Waals surface area contributed by atoms with Gasteiger partial charge >= 0.3 is 0 Å². The van der Waals surface area contributed by atoms with Crippen LogP contribution in [-0.2, 0) is 4.74 Å². The van der Waals surface area contributed by atoms with E-state index in [0.717, 1.165) is 18.7 Å². The quantitative estimate of drug-likeness (QED) is 0.815. The lowest BCUT2D eigenvalue weighted by Gasteiger charge is -2.25. The van der Waals surface area contributed by atoms with Crippen molar-refractivity contribution in [2.75, 3.05) is 19.8 Å². The van der Waals surface area contributed by atoms with Gasteiger partial charge in [0.2, 0.25) is 0 Å². The zero-order valence-electron chi connectivity index (χ0n) is 9.60. The Morgan fingerprint density at radius 1 is 1.59 bits per heavy atom. The molecule has 2 N–H and O–H groups in total. The third kappa shape index (κ3) is 3.27. The third-order valence-electron chi connectivity index (χ3n) is 2.91. The summed E-state index contributed by atoms with van der Waals surface area (Å²) in [7, 11) is 0. The van der Waals surface area contributed by atoms with E-state index in [4.69, 9.17) is 10.00 Å². The lowest BCUT2D eigenvalue weighted by molar-refractivity contribution is 0.0519. The van der Waals surface area contributed by atoms with E-state index in [1.165, 1.54) is 0 Å². The predicted octanol–water partition coefficient (Wildman–Crippen LogP) is 0.970. The van der Waals surface area contributed by atoms with E-state index in [0.29, 0.717) is 18.6 Å². The van der Waals surface area contributed by atoms with E-state index < -0.39 is 6.10 Å². The van der Waals surface area contributed by atoms with Crippen LogP contribution in [0.25, 0.3) is 0 Å². The predicted molar refractivity (Wildman–Crippen MR) is 63.3 cm³/mol. The smallest absolute Gasteiger partial charge is 0.0991 e. The number of nitrogens with one attached hydrogen (secondary N) is 1. The van der Waals surface area contributed by atoms with Crippen molar-refractivity contribution in [3.8, 4) is 6.07 Å². The van der Waals surface area contributed by atoms with E-state index in [2.05, 4.69) is 11.4 Å². The molecule has 1 aliphatic rings. The van der Waals surface area contributed by atoms with E-state index >= 15 is 0 Å². The zero-order valence-corrected chi connectivity index (χ0v) is 9.60. The van der Waals surface area contributed by atoms with Gasteiger partial charge in [0, 0.05) is 12.6 Å². The normalized spacial score (nSPS) is 21.8. The summed E-state index contributed by atoms with van der Waals surface area (Å²) in [5, 5.41) is 22.2. The van der Waals surface area contributed by atoms with Crippen molar-refractivity contribution >= 4 is 0 Å². The van der Waals surface area contributed by atoms with Crippen LogP contribution in [-0.4, -0.2) is 30.9 Å². The lowest BCUT2D eigenvalue weighted by atomic mass is 10.0. The molecular formula is C13H16N2O2. The maximum Gasteiger partial charge on any atom is 0.0991 e. The minimum absolute atomic E-state index is 0.185. The highest BCUT2D eigenvalue weighted by molar-refractivity contribution is 5.33. The Bertz CT molecular complexity index is 408. The SMILES string of the molecule is N#Cc1cccc(C(O)CC2COCCN2)c1. The van der Waals surface area contributed by atoms with Gasteiger partial charge in [0.25, 0.3) is 0 Å². The molecule has 0 amide bonds. The number of hydrogen-bond donors (Lipinski definition) is 2. The standard InChI is InChI=1S/C13H16N2O2/c14-8-10-2-1-3-11(6-10)13(16)7-12-9-17-5-4-15-12/h1-3,6,12-13,15-16H,4-5,7,9H2. The Balaban J connectivity index is 1.98. The molecule has 2 atom stereocenters. The van der Waals surface area contributed by atoms with E-state index in [1.807, 2.05) is 6.07 Å². The molecule has 90 valence electrons. The van der Waals surface area contributed by atoms with Crippen molar-refractivity contribution in [1.29, 1.82) is 5.26 Å². The van der Waals surface area contributed by atoms with Gasteiger partial charge in [0.15, 0.2) is 0 Å². The minimum Gasteiger partial charge on any atom is -0.388 e. The second-order valence-electron chi connectivity index (χ2n) is 4.21. The van der Waals surface area contributed by atoms with Gasteiger partial charge in [-0.3, -0.25) is 0 Å². The van der Waals surface area contributed by atoms with Crippen LogP contribution < -0.4 is 5.32 Å². The third-order valence-corrected chi connectivity index (χ3v) is 2.91. The Morgan fingerprint density at radius 2 is 2.47 bits per heavy atom. The monoisotopic (exact) mass is 232 g/mol. The first-order valence-electron chi connectivity index (χ1n) is 5.79. The van der Waals surface area contributed by atoms with Crippen LogP contribution in [0.4, 0.5) is 0 Å². The summed E-state index contributed by atoms with van der Waals surface area (Å²) in [6.45, 7) is 2.20. The summed E-state index contributed by atoms with van der Waals surface area (Å²) in [6.07, 6.45) is 0.0528. The number of nitriles is 1. The molecule has 4 nitrogen and oxygen atoms in total. The lowest BCUT2D eigenvalue weighted by Crippen LogP contribution is -2.42. The zero-order chi connectivity index (χ0) is 12.1. The summed E-state index contributed by atoms with van der Waals surface area (Å²) in [6, 6.07) is 9.36. The van der Waals surface area contributed by atoms with Crippen molar-refractivity contribution in [2.45, 2.75) is 18.6 Å². The van der Waals surface area contributed by atoms with E-state index in [-0.39, 0.29) is 6.04 Å². The summed E-state index contributed by atoms with van der Waals surface area (Å²) in [5.41, 5.74) is 1.37. The molecule has 4 heteroatoms. The Morgan fingerprint density at radius 3 is 3.18 bits per heavy atom. The molecule has 2 unspecified atom stereocenters. The molecule has 1 aromatic rings. The molecule has 1 heterocycles. The van der Waals surface area contributed by atoms with Gasteiger partial charge in [-0.1, -0.05) is 12.1 Å². The number of benzene rings is 1. The number of morpholine rings is 1. The maximum absolute atomic E-state index is 10.1. The summed E-state index contributed by atoms with van der Waals surface area (Å²) in [5.74, 6) is 0. The molecule has 2 rings (SSSR count). The fraction of sp³-hybridized carbons (Fsp3) is 0.462. The number of hydrogen-bond acceptors (Lipinski definition) is 4. The van der Waals surface area contributed by atoms with Crippen molar-refractivity contribution < 1.29 is 9.84 Å². The minimum atomic E-state index is -0.553. The van der Waals surface area contributed by atoms with Crippen LogP contribution in [0.5, 0.6) is 0 Å². The Labute approximate surface area is 101 Å². The highest BCUT2D eigenvalue weighted by Gasteiger charge is 2.18. The van der Waals surface area contributed by atoms with Crippen LogP contribution in [0.3, 0.4) is 0 Å². The molecule has 1 fully saturated rings. The number of aliphatic hydroxyl groups excluding tert-OH is 1. The Kier molecular flexibility index (Phi) is 4.10. The largest absolute Gasteiger partial charge is 0.388 e. The Hall–Kier alpha value is -1.41. The van der Waals surface area contributed by atoms with Crippen molar-refractivity contribution in [2.24, 2.45) is 0 Å². The van der Waals surface area contributed by atoms with Crippen LogP contribution in [0, 0.1) is 11.3 Å². The molecule has 17 heavy (non-hydrogen) atoms. The topological polar surface area (TPSA) is 65.3 Å². The number of nitrogens with zero attached hydrogens (tertiary/aromatic N) is 1. The second-order valence-corrected chi connectivity index (χ2v) is 4.21. The van der Waals surface area contributed by atoms with Gasteiger partial charge < -0.3 is 15.2 Å². The molecule has 1 saturated heterocycles. The molecule has 1 aliphatic heterocycles. The number of rotatable bonds is 3. The van der Waals surface area contributed by atoms with Crippen LogP contribution in [0.2, 0.25) is 0 Å². The average molecular weight is 232 g/mol. The van der Waals surface area contributed by atoms with Gasteiger partial charge in [-0.25, -0.2) is 0 Å². The molecule has 0 radical (unpaired) electrons. The molecule has 0 saturated carbocycles. The maximum atomic E-state index is 10.1. The van der Waals surface area contributed by atoms with Crippen molar-refractivity contribution in [3.63, 3.8) is 0 Å². The second kappa shape index (κ2) is 5.78. The van der Waals surface area contributed by atoms with Crippen molar-refractivity contribution in [3.05, 3.63) is 35.4 Å². The van der Waals surface area contributed by atoms with E-state index in [9.17, 15) is 5.11 Å². The summed E-state index contributed by atoms with van der Waals surface area (Å²) >= 11 is 0. The highest BCUT2D eigenvalue weighted by atomic mass is 16.5. The molecule has 0 spiro atoms. The summed E-state index contributed by atoms with van der Waals surface area (Å²) < 4.78 is 5.34. The van der Waals surface area contributed by atoms with Gasteiger partial charge in [-0.05, 0) is 24.1 Å². The molecule has 1 aromatic carbocycles. The van der Waals surface area contributed by atoms with Gasteiger partial charge in [0.05, 0.1) is 31.0 Å². The summed E-state index contributed by atoms with van der Waals surface area (Å²) in [4.78, 5) is 0. The van der Waals surface area contributed by atoms with E-state index in [1.54, 1.807) is 18.2 Å².